The Kier molecular flexibility index (Phi) is 7.97. The standard InChI is InChI=1S/C24H28F3N3O4/c1-22(2,3)33-20(31)29-30(21(32)34-23(4,5)6)19-14-11-17(15-28-19)8-7-16-9-12-18(13-10-16)24(25,26)27/h7-15H,1-6H3,(H,29,31)/b8-7+. The molecule has 0 fully saturated rings. The second kappa shape index (κ2) is 10.1. The van der Waals surface area contributed by atoms with E-state index < -0.39 is 35.1 Å². The summed E-state index contributed by atoms with van der Waals surface area (Å²) in [5, 5.41) is 0.836. The first-order valence-corrected chi connectivity index (χ1v) is 10.4. The van der Waals surface area contributed by atoms with Crippen LogP contribution < -0.4 is 10.4 Å². The number of carbonyl (C=O) groups excluding carboxylic acids is 2. The molecule has 0 aliphatic heterocycles. The summed E-state index contributed by atoms with van der Waals surface area (Å²) in [4.78, 5) is 29.1. The molecule has 0 saturated carbocycles. The van der Waals surface area contributed by atoms with Gasteiger partial charge in [0.25, 0.3) is 0 Å². The number of halogens is 3. The van der Waals surface area contributed by atoms with Crippen molar-refractivity contribution in [3.63, 3.8) is 0 Å². The molecule has 0 atom stereocenters. The minimum Gasteiger partial charge on any atom is -0.443 e. The lowest BCUT2D eigenvalue weighted by atomic mass is 10.1. The molecule has 0 aliphatic rings. The summed E-state index contributed by atoms with van der Waals surface area (Å²) < 4.78 is 48.6. The van der Waals surface area contributed by atoms with Crippen LogP contribution in [0.3, 0.4) is 0 Å². The second-order valence-corrected chi connectivity index (χ2v) is 9.33. The van der Waals surface area contributed by atoms with Gasteiger partial charge in [-0.15, -0.1) is 0 Å². The molecule has 34 heavy (non-hydrogen) atoms. The zero-order valence-electron chi connectivity index (χ0n) is 19.9. The lowest BCUT2D eigenvalue weighted by Crippen LogP contribution is -2.50. The van der Waals surface area contributed by atoms with Gasteiger partial charge in [-0.1, -0.05) is 24.3 Å². The number of carbonyl (C=O) groups is 2. The Bertz CT molecular complexity index is 1020. The molecule has 1 heterocycles. The van der Waals surface area contributed by atoms with Gasteiger partial charge in [0.15, 0.2) is 5.82 Å². The number of nitrogens with zero attached hydrogens (tertiary/aromatic N) is 2. The Morgan fingerprint density at radius 3 is 1.85 bits per heavy atom. The van der Waals surface area contributed by atoms with Gasteiger partial charge in [0.1, 0.15) is 11.2 Å². The Balaban J connectivity index is 2.20. The highest BCUT2D eigenvalue weighted by molar-refractivity contribution is 5.89. The number of hydrogen-bond acceptors (Lipinski definition) is 5. The predicted molar refractivity (Wildman–Crippen MR) is 123 cm³/mol. The molecule has 2 aromatic rings. The van der Waals surface area contributed by atoms with E-state index in [0.29, 0.717) is 11.1 Å². The molecule has 0 radical (unpaired) electrons. The van der Waals surface area contributed by atoms with E-state index in [1.807, 2.05) is 0 Å². The van der Waals surface area contributed by atoms with Gasteiger partial charge in [-0.3, -0.25) is 0 Å². The second-order valence-electron chi connectivity index (χ2n) is 9.33. The van der Waals surface area contributed by atoms with Gasteiger partial charge in [-0.25, -0.2) is 20.0 Å². The van der Waals surface area contributed by atoms with Gasteiger partial charge in [0, 0.05) is 6.20 Å². The van der Waals surface area contributed by atoms with Gasteiger partial charge >= 0.3 is 18.4 Å². The van der Waals surface area contributed by atoms with E-state index in [1.165, 1.54) is 24.4 Å². The molecule has 0 bridgehead atoms. The van der Waals surface area contributed by atoms with Gasteiger partial charge < -0.3 is 9.47 Å². The monoisotopic (exact) mass is 479 g/mol. The summed E-state index contributed by atoms with van der Waals surface area (Å²) in [6.07, 6.45) is -1.41. The number of anilines is 1. The van der Waals surface area contributed by atoms with E-state index in [2.05, 4.69) is 10.4 Å². The first-order chi connectivity index (χ1) is 15.5. The Hall–Kier alpha value is -3.56. The van der Waals surface area contributed by atoms with Crippen LogP contribution in [0, 0.1) is 0 Å². The number of amides is 2. The lowest BCUT2D eigenvalue weighted by Gasteiger charge is -2.28. The highest BCUT2D eigenvalue weighted by atomic mass is 19.4. The molecule has 2 amide bonds. The SMILES string of the molecule is CC(C)(C)OC(=O)NN(C(=O)OC(C)(C)C)c1ccc(/C=C/c2ccc(C(F)(F)F)cc2)cn1. The fourth-order valence-corrected chi connectivity index (χ4v) is 2.50. The molecule has 7 nitrogen and oxygen atoms in total. The van der Waals surface area contributed by atoms with Crippen molar-refractivity contribution < 1.29 is 32.2 Å². The fourth-order valence-electron chi connectivity index (χ4n) is 2.50. The van der Waals surface area contributed by atoms with Crippen LogP contribution in [0.1, 0.15) is 58.2 Å². The largest absolute Gasteiger partial charge is 0.443 e. The van der Waals surface area contributed by atoms with Crippen LogP contribution in [-0.2, 0) is 15.7 Å². The summed E-state index contributed by atoms with van der Waals surface area (Å²) >= 11 is 0. The molecule has 0 aliphatic carbocycles. The maximum Gasteiger partial charge on any atom is 0.435 e. The van der Waals surface area contributed by atoms with Crippen LogP contribution >= 0.6 is 0 Å². The van der Waals surface area contributed by atoms with Crippen molar-refractivity contribution in [3.05, 3.63) is 59.3 Å². The van der Waals surface area contributed by atoms with Gasteiger partial charge in [0.2, 0.25) is 0 Å². The van der Waals surface area contributed by atoms with Crippen LogP contribution in [-0.4, -0.2) is 28.4 Å². The normalized spacial score (nSPS) is 12.4. The number of ether oxygens (including phenoxy) is 2. The number of aromatic nitrogens is 1. The molecule has 184 valence electrons. The van der Waals surface area contributed by atoms with E-state index in [-0.39, 0.29) is 5.82 Å². The van der Waals surface area contributed by atoms with E-state index in [1.54, 1.807) is 59.8 Å². The molecule has 0 unspecified atom stereocenters. The van der Waals surface area contributed by atoms with Gasteiger partial charge in [-0.05, 0) is 76.9 Å². The number of nitrogens with one attached hydrogen (secondary N) is 1. The van der Waals surface area contributed by atoms with E-state index in [9.17, 15) is 22.8 Å². The highest BCUT2D eigenvalue weighted by Crippen LogP contribution is 2.29. The van der Waals surface area contributed by atoms with Gasteiger partial charge in [0.05, 0.1) is 5.56 Å². The Morgan fingerprint density at radius 2 is 1.38 bits per heavy atom. The molecule has 1 aromatic heterocycles. The van der Waals surface area contributed by atoms with Crippen molar-refractivity contribution in [1.82, 2.24) is 10.4 Å². The molecular formula is C24H28F3N3O4. The van der Waals surface area contributed by atoms with Gasteiger partial charge in [-0.2, -0.15) is 18.2 Å². The van der Waals surface area contributed by atoms with Crippen molar-refractivity contribution >= 4 is 30.2 Å². The van der Waals surface area contributed by atoms with E-state index in [0.717, 1.165) is 17.1 Å². The van der Waals surface area contributed by atoms with E-state index >= 15 is 0 Å². The van der Waals surface area contributed by atoms with Crippen molar-refractivity contribution in [3.8, 4) is 0 Å². The minimum atomic E-state index is -4.39. The number of rotatable bonds is 3. The van der Waals surface area contributed by atoms with Crippen molar-refractivity contribution in [2.45, 2.75) is 58.9 Å². The highest BCUT2D eigenvalue weighted by Gasteiger charge is 2.30. The maximum atomic E-state index is 12.7. The molecule has 0 spiro atoms. The molecule has 1 aromatic carbocycles. The molecule has 10 heteroatoms. The van der Waals surface area contributed by atoms with Crippen molar-refractivity contribution in [2.75, 3.05) is 5.01 Å². The van der Waals surface area contributed by atoms with Crippen LogP contribution in [0.5, 0.6) is 0 Å². The minimum absolute atomic E-state index is 0.0757. The number of pyridine rings is 1. The third-order valence-corrected chi connectivity index (χ3v) is 3.88. The van der Waals surface area contributed by atoms with Crippen molar-refractivity contribution in [2.24, 2.45) is 0 Å². The quantitative estimate of drug-likeness (QED) is 0.512. The number of benzene rings is 1. The molecular weight excluding hydrogens is 451 g/mol. The number of hydrazine groups is 1. The first kappa shape index (κ1) is 26.7. The summed E-state index contributed by atoms with van der Waals surface area (Å²) in [5.74, 6) is 0.0757. The molecule has 0 saturated heterocycles. The van der Waals surface area contributed by atoms with Crippen LogP contribution in [0.4, 0.5) is 28.6 Å². The zero-order chi connectivity index (χ0) is 25.7. The van der Waals surface area contributed by atoms with E-state index in [4.69, 9.17) is 9.47 Å². The third-order valence-electron chi connectivity index (χ3n) is 3.88. The summed E-state index contributed by atoms with van der Waals surface area (Å²) in [5.41, 5.74) is 1.18. The summed E-state index contributed by atoms with van der Waals surface area (Å²) in [6.45, 7) is 10.1. The topological polar surface area (TPSA) is 80.8 Å². The number of alkyl halides is 3. The fraction of sp³-hybridized carbons (Fsp3) is 0.375. The Morgan fingerprint density at radius 1 is 0.853 bits per heavy atom. The third kappa shape index (κ3) is 8.76. The smallest absolute Gasteiger partial charge is 0.435 e. The average Bonchev–Trinajstić information content (AvgIpc) is 2.68. The van der Waals surface area contributed by atoms with Crippen LogP contribution in [0.25, 0.3) is 12.2 Å². The average molecular weight is 479 g/mol. The predicted octanol–water partition coefficient (Wildman–Crippen LogP) is 6.45. The lowest BCUT2D eigenvalue weighted by molar-refractivity contribution is -0.137. The van der Waals surface area contributed by atoms with Crippen molar-refractivity contribution in [1.29, 1.82) is 0 Å². The molecule has 1 N–H and O–H groups in total. The summed E-state index contributed by atoms with van der Waals surface area (Å²) in [6, 6.07) is 7.82. The van der Waals surface area contributed by atoms with Crippen LogP contribution in [0.2, 0.25) is 0 Å². The number of hydrogen-bond donors (Lipinski definition) is 1. The summed E-state index contributed by atoms with van der Waals surface area (Å²) in [7, 11) is 0. The first-order valence-electron chi connectivity index (χ1n) is 10.4. The maximum absolute atomic E-state index is 12.7. The Labute approximate surface area is 196 Å². The van der Waals surface area contributed by atoms with Crippen LogP contribution in [0.15, 0.2) is 42.6 Å². The molecule has 2 rings (SSSR count). The zero-order valence-corrected chi connectivity index (χ0v) is 19.9.